The number of nitrogens with zero attached hydrogens (tertiary/aromatic N) is 1. The van der Waals surface area contributed by atoms with E-state index in [9.17, 15) is 27.6 Å². The lowest BCUT2D eigenvalue weighted by atomic mass is 10.2. The fraction of sp³-hybridized carbons (Fsp3) is 0.235. The van der Waals surface area contributed by atoms with Crippen LogP contribution in [0.2, 0.25) is 0 Å². The van der Waals surface area contributed by atoms with E-state index in [0.29, 0.717) is 29.2 Å². The van der Waals surface area contributed by atoms with Crippen molar-refractivity contribution >= 4 is 11.8 Å². The zero-order chi connectivity index (χ0) is 20.5. The Morgan fingerprint density at radius 2 is 1.86 bits per heavy atom. The molecule has 0 aliphatic carbocycles. The van der Waals surface area contributed by atoms with Gasteiger partial charge in [-0.15, -0.1) is 0 Å². The molecule has 2 amide bonds. The van der Waals surface area contributed by atoms with Gasteiger partial charge in [-0.25, -0.2) is 0 Å². The van der Waals surface area contributed by atoms with Gasteiger partial charge in [-0.05, 0) is 29.8 Å². The molecule has 0 saturated carbocycles. The third-order valence-electron chi connectivity index (χ3n) is 3.96. The summed E-state index contributed by atoms with van der Waals surface area (Å²) in [5, 5.41) is 2.41. The van der Waals surface area contributed by atoms with E-state index < -0.39 is 41.4 Å². The molecule has 1 aliphatic heterocycles. The maximum atomic E-state index is 13.2. The molecule has 0 bridgehead atoms. The lowest BCUT2D eigenvalue weighted by molar-refractivity contribution is -0.144. The number of hydrogen-bond acceptors (Lipinski definition) is 5. The summed E-state index contributed by atoms with van der Waals surface area (Å²) in [6, 6.07) is 6.12. The summed E-state index contributed by atoms with van der Waals surface area (Å²) < 4.78 is 50.0. The van der Waals surface area contributed by atoms with Gasteiger partial charge in [0.2, 0.25) is 12.7 Å². The molecule has 11 heteroatoms. The number of nitrogens with one attached hydrogen (secondary N) is 1. The van der Waals surface area contributed by atoms with E-state index in [0.717, 1.165) is 0 Å². The Kier molecular flexibility index (Phi) is 4.99. The number of halogens is 3. The second-order valence-corrected chi connectivity index (χ2v) is 5.85. The van der Waals surface area contributed by atoms with Gasteiger partial charge in [0.25, 0.3) is 11.5 Å². The van der Waals surface area contributed by atoms with Crippen LogP contribution in [0.3, 0.4) is 0 Å². The van der Waals surface area contributed by atoms with Crippen LogP contribution in [-0.4, -0.2) is 23.2 Å². The van der Waals surface area contributed by atoms with Crippen molar-refractivity contribution in [2.75, 3.05) is 6.79 Å². The Morgan fingerprint density at radius 3 is 2.54 bits per heavy atom. The van der Waals surface area contributed by atoms with Crippen LogP contribution in [-0.2, 0) is 24.1 Å². The van der Waals surface area contributed by atoms with E-state index >= 15 is 0 Å². The molecule has 0 atom stereocenters. The molecular weight excluding hydrogens is 383 g/mol. The van der Waals surface area contributed by atoms with Gasteiger partial charge in [0.1, 0.15) is 17.8 Å². The summed E-state index contributed by atoms with van der Waals surface area (Å²) in [5.74, 6) is -1.02. The highest BCUT2D eigenvalue weighted by Gasteiger charge is 2.35. The van der Waals surface area contributed by atoms with E-state index in [2.05, 4.69) is 5.32 Å². The molecule has 3 N–H and O–H groups in total. The molecule has 1 aliphatic rings. The summed E-state index contributed by atoms with van der Waals surface area (Å²) in [7, 11) is 0. The summed E-state index contributed by atoms with van der Waals surface area (Å²) in [6.45, 7) is -0.870. The number of amides is 2. The summed E-state index contributed by atoms with van der Waals surface area (Å²) in [4.78, 5) is 35.5. The minimum atomic E-state index is -4.90. The lowest BCUT2D eigenvalue weighted by Crippen LogP contribution is -2.38. The van der Waals surface area contributed by atoms with Crippen LogP contribution in [0.5, 0.6) is 11.5 Å². The standard InChI is InChI=1S/C17H14F3N3O5/c18-17(19,20)13-4-2-10(15(21)25)16(26)23(13)7-14(24)22-6-9-1-3-11-12(5-9)28-8-27-11/h1-5H,6-8H2,(H2,21,25)(H,22,24). The van der Waals surface area contributed by atoms with Gasteiger partial charge in [0.05, 0.1) is 0 Å². The van der Waals surface area contributed by atoms with Gasteiger partial charge in [0.15, 0.2) is 11.5 Å². The van der Waals surface area contributed by atoms with Crippen molar-refractivity contribution in [2.24, 2.45) is 5.73 Å². The minimum absolute atomic E-state index is 0.0128. The number of aromatic nitrogens is 1. The zero-order valence-electron chi connectivity index (χ0n) is 14.2. The number of primary amides is 1. The smallest absolute Gasteiger partial charge is 0.431 e. The van der Waals surface area contributed by atoms with Gasteiger partial charge < -0.3 is 20.5 Å². The average molecular weight is 397 g/mol. The van der Waals surface area contributed by atoms with Gasteiger partial charge in [-0.3, -0.25) is 19.0 Å². The Balaban J connectivity index is 1.78. The largest absolute Gasteiger partial charge is 0.454 e. The average Bonchev–Trinajstić information content (AvgIpc) is 3.08. The number of benzene rings is 1. The fourth-order valence-electron chi connectivity index (χ4n) is 2.62. The maximum Gasteiger partial charge on any atom is 0.431 e. The Labute approximate surface area is 155 Å². The molecule has 0 unspecified atom stereocenters. The van der Waals surface area contributed by atoms with Gasteiger partial charge in [-0.2, -0.15) is 13.2 Å². The molecule has 28 heavy (non-hydrogen) atoms. The molecule has 0 spiro atoms. The first-order chi connectivity index (χ1) is 13.2. The van der Waals surface area contributed by atoms with E-state index in [1.807, 2.05) is 0 Å². The third kappa shape index (κ3) is 3.92. The summed E-state index contributed by atoms with van der Waals surface area (Å²) in [6.07, 6.45) is -4.90. The molecule has 0 saturated heterocycles. The first-order valence-corrected chi connectivity index (χ1v) is 7.93. The van der Waals surface area contributed by atoms with Crippen molar-refractivity contribution in [1.29, 1.82) is 0 Å². The van der Waals surface area contributed by atoms with Crippen LogP contribution in [0.15, 0.2) is 35.1 Å². The Bertz CT molecular complexity index is 1000. The van der Waals surface area contributed by atoms with Crippen LogP contribution in [0.1, 0.15) is 21.6 Å². The number of pyridine rings is 1. The number of rotatable bonds is 5. The number of carbonyl (C=O) groups excluding carboxylic acids is 2. The number of carbonyl (C=O) groups is 2. The van der Waals surface area contributed by atoms with E-state index in [4.69, 9.17) is 15.2 Å². The molecule has 8 nitrogen and oxygen atoms in total. The number of fused-ring (bicyclic) bond motifs is 1. The molecule has 2 heterocycles. The molecule has 1 aromatic carbocycles. The predicted molar refractivity (Wildman–Crippen MR) is 88.6 cm³/mol. The van der Waals surface area contributed by atoms with Crippen molar-refractivity contribution in [3.63, 3.8) is 0 Å². The Hall–Kier alpha value is -3.50. The van der Waals surface area contributed by atoms with Gasteiger partial charge in [0, 0.05) is 6.54 Å². The van der Waals surface area contributed by atoms with Crippen LogP contribution in [0.4, 0.5) is 13.2 Å². The molecule has 148 valence electrons. The normalized spacial score (nSPS) is 12.7. The Morgan fingerprint density at radius 1 is 1.14 bits per heavy atom. The van der Waals surface area contributed by atoms with E-state index in [-0.39, 0.29) is 17.9 Å². The number of nitrogens with two attached hydrogens (primary N) is 1. The van der Waals surface area contributed by atoms with Gasteiger partial charge >= 0.3 is 6.18 Å². The monoisotopic (exact) mass is 397 g/mol. The number of alkyl halides is 3. The van der Waals surface area contributed by atoms with Crippen molar-refractivity contribution < 1.29 is 32.2 Å². The maximum absolute atomic E-state index is 13.2. The zero-order valence-corrected chi connectivity index (χ0v) is 14.2. The first kappa shape index (κ1) is 19.3. The molecule has 1 aromatic heterocycles. The topological polar surface area (TPSA) is 113 Å². The molecule has 0 fully saturated rings. The van der Waals surface area contributed by atoms with E-state index in [1.54, 1.807) is 18.2 Å². The first-order valence-electron chi connectivity index (χ1n) is 7.93. The third-order valence-corrected chi connectivity index (χ3v) is 3.96. The summed E-state index contributed by atoms with van der Waals surface area (Å²) >= 11 is 0. The number of hydrogen-bond donors (Lipinski definition) is 2. The fourth-order valence-corrected chi connectivity index (χ4v) is 2.62. The highest BCUT2D eigenvalue weighted by molar-refractivity contribution is 5.92. The molecule has 3 rings (SSSR count). The lowest BCUT2D eigenvalue weighted by Gasteiger charge is -2.16. The molecule has 2 aromatic rings. The second-order valence-electron chi connectivity index (χ2n) is 5.85. The van der Waals surface area contributed by atoms with Crippen LogP contribution in [0.25, 0.3) is 0 Å². The van der Waals surface area contributed by atoms with Gasteiger partial charge in [-0.1, -0.05) is 6.07 Å². The van der Waals surface area contributed by atoms with Crippen molar-refractivity contribution in [3.8, 4) is 11.5 Å². The van der Waals surface area contributed by atoms with Crippen LogP contribution < -0.4 is 26.1 Å². The van der Waals surface area contributed by atoms with E-state index in [1.165, 1.54) is 0 Å². The highest BCUT2D eigenvalue weighted by Crippen LogP contribution is 2.32. The van der Waals surface area contributed by atoms with Crippen LogP contribution in [0, 0.1) is 0 Å². The van der Waals surface area contributed by atoms with Crippen molar-refractivity contribution in [3.05, 3.63) is 57.5 Å². The molecular formula is C17H14F3N3O5. The molecule has 0 radical (unpaired) electrons. The quantitative estimate of drug-likeness (QED) is 0.782. The minimum Gasteiger partial charge on any atom is -0.454 e. The van der Waals surface area contributed by atoms with Crippen molar-refractivity contribution in [1.82, 2.24) is 9.88 Å². The SMILES string of the molecule is NC(=O)c1ccc(C(F)(F)F)n(CC(=O)NCc2ccc3c(c2)OCO3)c1=O. The number of ether oxygens (including phenoxy) is 2. The highest BCUT2D eigenvalue weighted by atomic mass is 19.4. The second kappa shape index (κ2) is 7.25. The summed E-state index contributed by atoms with van der Waals surface area (Å²) in [5.41, 5.74) is 2.32. The van der Waals surface area contributed by atoms with Crippen LogP contribution >= 0.6 is 0 Å². The predicted octanol–water partition coefficient (Wildman–Crippen LogP) is 1.01. The van der Waals surface area contributed by atoms with Crippen molar-refractivity contribution in [2.45, 2.75) is 19.3 Å².